The van der Waals surface area contributed by atoms with Gasteiger partial charge in [-0.2, -0.15) is 4.98 Å². The predicted octanol–water partition coefficient (Wildman–Crippen LogP) is 2.96. The lowest BCUT2D eigenvalue weighted by molar-refractivity contribution is -0.139. The van der Waals surface area contributed by atoms with Gasteiger partial charge >= 0.3 is 0 Å². The highest BCUT2D eigenvalue weighted by Gasteiger charge is 2.37. The van der Waals surface area contributed by atoms with E-state index in [1.165, 1.54) is 0 Å². The van der Waals surface area contributed by atoms with Crippen LogP contribution in [-0.4, -0.2) is 32.5 Å². The summed E-state index contributed by atoms with van der Waals surface area (Å²) < 4.78 is 5.39. The molecule has 6 heteroatoms. The van der Waals surface area contributed by atoms with Crippen LogP contribution in [0.2, 0.25) is 0 Å². The largest absolute Gasteiger partial charge is 0.337 e. The summed E-state index contributed by atoms with van der Waals surface area (Å²) in [6, 6.07) is 11.5. The lowest BCUT2D eigenvalue weighted by Crippen LogP contribution is -2.46. The Morgan fingerprint density at radius 3 is 2.88 bits per heavy atom. The average molecular weight is 334 g/mol. The van der Waals surface area contributed by atoms with Crippen LogP contribution < -0.4 is 0 Å². The van der Waals surface area contributed by atoms with Gasteiger partial charge in [-0.3, -0.25) is 9.78 Å². The molecule has 3 aromatic rings. The molecule has 1 fully saturated rings. The van der Waals surface area contributed by atoms with E-state index in [2.05, 4.69) is 15.1 Å². The smallest absolute Gasteiger partial charge is 0.249 e. The Balaban J connectivity index is 1.48. The molecular formula is C19H18N4O2. The third kappa shape index (κ3) is 3.03. The Morgan fingerprint density at radius 1 is 1.28 bits per heavy atom. The third-order valence-corrected chi connectivity index (χ3v) is 4.59. The van der Waals surface area contributed by atoms with Gasteiger partial charge in [0.15, 0.2) is 0 Å². The number of amides is 1. The van der Waals surface area contributed by atoms with Gasteiger partial charge in [0.05, 0.1) is 6.42 Å². The molecule has 2 aromatic heterocycles. The monoisotopic (exact) mass is 334 g/mol. The second kappa shape index (κ2) is 6.47. The summed E-state index contributed by atoms with van der Waals surface area (Å²) in [7, 11) is 0. The van der Waals surface area contributed by atoms with E-state index >= 15 is 0 Å². The lowest BCUT2D eigenvalue weighted by Gasteiger charge is -2.38. The number of carbonyl (C=O) groups excluding carboxylic acids is 1. The molecule has 0 aliphatic carbocycles. The number of hydrogen-bond donors (Lipinski definition) is 0. The van der Waals surface area contributed by atoms with Crippen LogP contribution in [0.1, 0.15) is 29.5 Å². The first kappa shape index (κ1) is 15.5. The molecule has 0 bridgehead atoms. The molecule has 0 radical (unpaired) electrons. The normalized spacial score (nSPS) is 16.5. The van der Waals surface area contributed by atoms with Crippen LogP contribution >= 0.6 is 0 Å². The van der Waals surface area contributed by atoms with Crippen LogP contribution in [0.4, 0.5) is 0 Å². The van der Waals surface area contributed by atoms with E-state index in [1.807, 2.05) is 48.2 Å². The summed E-state index contributed by atoms with van der Waals surface area (Å²) in [4.78, 5) is 23.0. The van der Waals surface area contributed by atoms with Crippen molar-refractivity contribution in [2.24, 2.45) is 0 Å². The van der Waals surface area contributed by atoms with Crippen molar-refractivity contribution in [1.82, 2.24) is 20.0 Å². The molecule has 126 valence electrons. The summed E-state index contributed by atoms with van der Waals surface area (Å²) in [5, 5.41) is 4.02. The maximum atomic E-state index is 12.6. The Kier molecular flexibility index (Phi) is 4.01. The van der Waals surface area contributed by atoms with Crippen molar-refractivity contribution in [2.75, 3.05) is 6.54 Å². The Morgan fingerprint density at radius 2 is 2.16 bits per heavy atom. The minimum absolute atomic E-state index is 0.0895. The zero-order valence-electron chi connectivity index (χ0n) is 13.9. The number of aryl methyl sites for hydroxylation is 1. The van der Waals surface area contributed by atoms with Crippen molar-refractivity contribution in [3.05, 3.63) is 65.8 Å². The molecule has 3 heterocycles. The highest BCUT2D eigenvalue weighted by molar-refractivity contribution is 5.80. The molecule has 0 spiro atoms. The van der Waals surface area contributed by atoms with Crippen molar-refractivity contribution in [3.63, 3.8) is 0 Å². The fourth-order valence-electron chi connectivity index (χ4n) is 3.00. The first-order valence-corrected chi connectivity index (χ1v) is 8.30. The van der Waals surface area contributed by atoms with Crippen LogP contribution in [-0.2, 0) is 11.2 Å². The number of benzene rings is 1. The average Bonchev–Trinajstić information content (AvgIpc) is 3.06. The number of hydrogen-bond acceptors (Lipinski definition) is 5. The fraction of sp³-hybridized carbons (Fsp3) is 0.263. The van der Waals surface area contributed by atoms with Gasteiger partial charge in [0.1, 0.15) is 6.04 Å². The second-order valence-electron chi connectivity index (χ2n) is 6.19. The van der Waals surface area contributed by atoms with E-state index in [1.54, 1.807) is 12.4 Å². The van der Waals surface area contributed by atoms with E-state index in [0.717, 1.165) is 29.7 Å². The molecule has 1 atom stereocenters. The fourth-order valence-corrected chi connectivity index (χ4v) is 3.00. The second-order valence-corrected chi connectivity index (χ2v) is 6.19. The summed E-state index contributed by atoms with van der Waals surface area (Å²) in [6.45, 7) is 2.74. The Hall–Kier alpha value is -3.02. The van der Waals surface area contributed by atoms with E-state index in [0.29, 0.717) is 18.1 Å². The van der Waals surface area contributed by atoms with Crippen molar-refractivity contribution in [3.8, 4) is 11.4 Å². The highest BCUT2D eigenvalue weighted by Crippen LogP contribution is 2.33. The van der Waals surface area contributed by atoms with Crippen LogP contribution in [0.15, 0.2) is 53.3 Å². The van der Waals surface area contributed by atoms with Gasteiger partial charge < -0.3 is 9.42 Å². The quantitative estimate of drug-likeness (QED) is 0.733. The van der Waals surface area contributed by atoms with Gasteiger partial charge in [-0.15, -0.1) is 0 Å². The summed E-state index contributed by atoms with van der Waals surface area (Å²) in [5.74, 6) is 1.08. The molecule has 1 saturated heterocycles. The number of carbonyl (C=O) groups is 1. The minimum atomic E-state index is -0.130. The molecule has 4 rings (SSSR count). The van der Waals surface area contributed by atoms with E-state index in [9.17, 15) is 4.79 Å². The van der Waals surface area contributed by atoms with E-state index in [4.69, 9.17) is 4.52 Å². The van der Waals surface area contributed by atoms with Gasteiger partial charge in [-0.25, -0.2) is 0 Å². The van der Waals surface area contributed by atoms with Crippen LogP contribution in [0.5, 0.6) is 0 Å². The standard InChI is InChI=1S/C19H18N4O2/c1-13-5-2-3-6-14(13)11-17(24)23-10-8-16(23)19-21-18(22-25-19)15-7-4-9-20-12-15/h2-7,9,12,16H,8,10-11H2,1H3/t16-/m0/s1. The summed E-state index contributed by atoms with van der Waals surface area (Å²) in [6.07, 6.45) is 4.62. The number of rotatable bonds is 4. The van der Waals surface area contributed by atoms with Gasteiger partial charge in [0, 0.05) is 24.5 Å². The highest BCUT2D eigenvalue weighted by atomic mass is 16.5. The predicted molar refractivity (Wildman–Crippen MR) is 91.5 cm³/mol. The maximum Gasteiger partial charge on any atom is 0.249 e. The molecule has 0 unspecified atom stereocenters. The van der Waals surface area contributed by atoms with Crippen molar-refractivity contribution in [1.29, 1.82) is 0 Å². The van der Waals surface area contributed by atoms with Crippen molar-refractivity contribution in [2.45, 2.75) is 25.8 Å². The van der Waals surface area contributed by atoms with Crippen LogP contribution in [0.3, 0.4) is 0 Å². The van der Waals surface area contributed by atoms with Crippen LogP contribution in [0.25, 0.3) is 11.4 Å². The first-order chi connectivity index (χ1) is 12.2. The molecule has 1 aromatic carbocycles. The van der Waals surface area contributed by atoms with Crippen LogP contribution in [0, 0.1) is 6.92 Å². The lowest BCUT2D eigenvalue weighted by atomic mass is 9.99. The third-order valence-electron chi connectivity index (χ3n) is 4.59. The summed E-state index contributed by atoms with van der Waals surface area (Å²) >= 11 is 0. The summed E-state index contributed by atoms with van der Waals surface area (Å²) in [5.41, 5.74) is 2.99. The number of nitrogens with zero attached hydrogens (tertiary/aromatic N) is 4. The maximum absolute atomic E-state index is 12.6. The molecule has 0 saturated carbocycles. The first-order valence-electron chi connectivity index (χ1n) is 8.30. The van der Waals surface area contributed by atoms with Gasteiger partial charge in [-0.1, -0.05) is 29.4 Å². The van der Waals surface area contributed by atoms with E-state index < -0.39 is 0 Å². The zero-order valence-corrected chi connectivity index (χ0v) is 13.9. The minimum Gasteiger partial charge on any atom is -0.337 e. The molecule has 1 aliphatic heterocycles. The van der Waals surface area contributed by atoms with Gasteiger partial charge in [0.2, 0.25) is 17.6 Å². The SMILES string of the molecule is Cc1ccccc1CC(=O)N1CC[C@H]1c1nc(-c2cccnc2)no1. The molecule has 1 amide bonds. The van der Waals surface area contributed by atoms with E-state index in [-0.39, 0.29) is 11.9 Å². The number of likely N-dealkylation sites (tertiary alicyclic amines) is 1. The van der Waals surface area contributed by atoms with Gasteiger partial charge in [-0.05, 0) is 36.6 Å². The molecule has 0 N–H and O–H groups in total. The molecule has 6 nitrogen and oxygen atoms in total. The topological polar surface area (TPSA) is 72.1 Å². The number of aromatic nitrogens is 3. The molecule has 25 heavy (non-hydrogen) atoms. The molecular weight excluding hydrogens is 316 g/mol. The molecule has 1 aliphatic rings. The van der Waals surface area contributed by atoms with Gasteiger partial charge in [0.25, 0.3) is 0 Å². The van der Waals surface area contributed by atoms with Crippen molar-refractivity contribution < 1.29 is 9.32 Å². The Bertz CT molecular complexity index is 891. The van der Waals surface area contributed by atoms with Crippen molar-refractivity contribution >= 4 is 5.91 Å². The zero-order chi connectivity index (χ0) is 17.2. The Labute approximate surface area is 145 Å². The number of pyridine rings is 1.